The van der Waals surface area contributed by atoms with E-state index in [0.717, 1.165) is 11.1 Å². The molecule has 0 saturated carbocycles. The molecule has 0 atom stereocenters. The lowest BCUT2D eigenvalue weighted by atomic mass is 9.98. The molecule has 118 valence electrons. The number of nitrogens with zero attached hydrogens (tertiary/aromatic N) is 2. The van der Waals surface area contributed by atoms with E-state index in [4.69, 9.17) is 4.74 Å². The minimum Gasteiger partial charge on any atom is -0.464 e. The molecule has 5 heteroatoms. The maximum absolute atomic E-state index is 12.0. The molecule has 4 nitrogen and oxygen atoms in total. The summed E-state index contributed by atoms with van der Waals surface area (Å²) in [7, 11) is 1.37. The molecule has 0 radical (unpaired) electrons. The second-order valence-electron chi connectivity index (χ2n) is 4.90. The van der Waals surface area contributed by atoms with Crippen LogP contribution in [-0.4, -0.2) is 22.6 Å². The van der Waals surface area contributed by atoms with Crippen molar-refractivity contribution in [1.29, 1.82) is 0 Å². The molecule has 0 aliphatic rings. The van der Waals surface area contributed by atoms with Gasteiger partial charge in [-0.15, -0.1) is 12.4 Å². The largest absolute Gasteiger partial charge is 0.464 e. The van der Waals surface area contributed by atoms with Gasteiger partial charge in [-0.3, -0.25) is 0 Å². The Balaban J connectivity index is 0.00000192. The van der Waals surface area contributed by atoms with Gasteiger partial charge in [-0.05, 0) is 11.1 Å². The first kappa shape index (κ1) is 16.8. The first-order valence-electron chi connectivity index (χ1n) is 7.01. The number of esters is 1. The van der Waals surface area contributed by atoms with Gasteiger partial charge in [0.15, 0.2) is 0 Å². The quantitative estimate of drug-likeness (QED) is 0.685. The summed E-state index contributed by atoms with van der Waals surface area (Å²) in [5.74, 6) is -0.394. The van der Waals surface area contributed by atoms with E-state index in [0.29, 0.717) is 5.69 Å². The van der Waals surface area contributed by atoms with E-state index >= 15 is 0 Å². The molecule has 1 aromatic heterocycles. The van der Waals surface area contributed by atoms with Crippen molar-refractivity contribution in [2.75, 3.05) is 7.11 Å². The third-order valence-electron chi connectivity index (χ3n) is 3.57. The normalized spacial score (nSPS) is 10.2. The number of imidazole rings is 1. The van der Waals surface area contributed by atoms with Crippen molar-refractivity contribution in [2.24, 2.45) is 0 Å². The minimum atomic E-state index is -0.394. The molecule has 0 N–H and O–H groups in total. The summed E-state index contributed by atoms with van der Waals surface area (Å²) in [6.45, 7) is 0. The van der Waals surface area contributed by atoms with Gasteiger partial charge in [0.25, 0.3) is 0 Å². The molecule has 2 aromatic carbocycles. The summed E-state index contributed by atoms with van der Waals surface area (Å²) >= 11 is 0. The molecule has 1 heterocycles. The fraction of sp³-hybridized carbons (Fsp3) is 0.111. The number of halogens is 1. The van der Waals surface area contributed by atoms with E-state index in [1.54, 1.807) is 6.33 Å². The van der Waals surface area contributed by atoms with Crippen LogP contribution in [0.25, 0.3) is 0 Å². The third kappa shape index (κ3) is 3.43. The van der Waals surface area contributed by atoms with Gasteiger partial charge in [0.2, 0.25) is 0 Å². The van der Waals surface area contributed by atoms with E-state index < -0.39 is 5.97 Å². The predicted molar refractivity (Wildman–Crippen MR) is 90.9 cm³/mol. The summed E-state index contributed by atoms with van der Waals surface area (Å²) in [5, 5.41) is 0. The van der Waals surface area contributed by atoms with E-state index in [9.17, 15) is 4.79 Å². The Morgan fingerprint density at radius 3 is 2.00 bits per heavy atom. The Morgan fingerprint density at radius 2 is 1.52 bits per heavy atom. The van der Waals surface area contributed by atoms with Gasteiger partial charge in [-0.1, -0.05) is 60.7 Å². The number of benzene rings is 2. The molecule has 0 bridgehead atoms. The van der Waals surface area contributed by atoms with Crippen LogP contribution in [0.4, 0.5) is 0 Å². The Labute approximate surface area is 141 Å². The fourth-order valence-corrected chi connectivity index (χ4v) is 2.56. The number of carbonyl (C=O) groups excluding carboxylic acids is 1. The average molecular weight is 329 g/mol. The van der Waals surface area contributed by atoms with Crippen LogP contribution in [0.5, 0.6) is 0 Å². The zero-order valence-corrected chi connectivity index (χ0v) is 13.4. The topological polar surface area (TPSA) is 44.1 Å². The molecular weight excluding hydrogens is 312 g/mol. The molecule has 23 heavy (non-hydrogen) atoms. The summed E-state index contributed by atoms with van der Waals surface area (Å²) < 4.78 is 6.70. The van der Waals surface area contributed by atoms with E-state index in [-0.39, 0.29) is 18.4 Å². The maximum Gasteiger partial charge on any atom is 0.356 e. The van der Waals surface area contributed by atoms with Crippen molar-refractivity contribution in [3.8, 4) is 0 Å². The van der Waals surface area contributed by atoms with E-state index in [1.807, 2.05) is 65.2 Å². The number of methoxy groups -OCH3 is 1. The Kier molecular flexibility index (Phi) is 5.55. The monoisotopic (exact) mass is 328 g/mol. The van der Waals surface area contributed by atoms with Crippen molar-refractivity contribution >= 4 is 18.4 Å². The smallest absolute Gasteiger partial charge is 0.356 e. The second-order valence-corrected chi connectivity index (χ2v) is 4.90. The number of rotatable bonds is 4. The van der Waals surface area contributed by atoms with Gasteiger partial charge in [-0.2, -0.15) is 0 Å². The SMILES string of the molecule is COC(=O)c1cncn1C(c1ccccc1)c1ccccc1.Cl. The molecule has 3 rings (SSSR count). The molecule has 0 aliphatic carbocycles. The van der Waals surface area contributed by atoms with Gasteiger partial charge in [0.05, 0.1) is 25.7 Å². The summed E-state index contributed by atoms with van der Waals surface area (Å²) in [6, 6.07) is 19.9. The highest BCUT2D eigenvalue weighted by molar-refractivity contribution is 5.87. The van der Waals surface area contributed by atoms with Crippen LogP contribution in [0.1, 0.15) is 27.7 Å². The van der Waals surface area contributed by atoms with Crippen LogP contribution in [0.3, 0.4) is 0 Å². The molecular formula is C18H17ClN2O2. The van der Waals surface area contributed by atoms with Crippen molar-refractivity contribution in [3.63, 3.8) is 0 Å². The second kappa shape index (κ2) is 7.61. The van der Waals surface area contributed by atoms with Gasteiger partial charge < -0.3 is 9.30 Å². The van der Waals surface area contributed by atoms with E-state index in [2.05, 4.69) is 4.98 Å². The third-order valence-corrected chi connectivity index (χ3v) is 3.57. The number of hydrogen-bond donors (Lipinski definition) is 0. The number of ether oxygens (including phenoxy) is 1. The Hall–Kier alpha value is -2.59. The highest BCUT2D eigenvalue weighted by Gasteiger charge is 2.22. The van der Waals surface area contributed by atoms with Crippen LogP contribution in [0.15, 0.2) is 73.2 Å². The van der Waals surface area contributed by atoms with Crippen molar-refractivity contribution in [3.05, 3.63) is 90.0 Å². The zero-order chi connectivity index (χ0) is 15.4. The highest BCUT2D eigenvalue weighted by Crippen LogP contribution is 2.27. The lowest BCUT2D eigenvalue weighted by molar-refractivity contribution is 0.0588. The maximum atomic E-state index is 12.0. The van der Waals surface area contributed by atoms with Crippen LogP contribution < -0.4 is 0 Å². The number of carbonyl (C=O) groups is 1. The first-order valence-corrected chi connectivity index (χ1v) is 7.01. The summed E-state index contributed by atoms with van der Waals surface area (Å²) in [4.78, 5) is 16.1. The van der Waals surface area contributed by atoms with Crippen LogP contribution in [-0.2, 0) is 4.74 Å². The average Bonchev–Trinajstić information content (AvgIpc) is 3.06. The van der Waals surface area contributed by atoms with Crippen LogP contribution in [0, 0.1) is 0 Å². The predicted octanol–water partition coefficient (Wildman–Crippen LogP) is 3.73. The van der Waals surface area contributed by atoms with Crippen molar-refractivity contribution in [1.82, 2.24) is 9.55 Å². The molecule has 3 aromatic rings. The van der Waals surface area contributed by atoms with Gasteiger partial charge in [0.1, 0.15) is 5.69 Å². The van der Waals surface area contributed by atoms with Crippen LogP contribution >= 0.6 is 12.4 Å². The van der Waals surface area contributed by atoms with Gasteiger partial charge >= 0.3 is 5.97 Å². The first-order chi connectivity index (χ1) is 10.8. The lowest BCUT2D eigenvalue weighted by Gasteiger charge is -2.21. The van der Waals surface area contributed by atoms with E-state index in [1.165, 1.54) is 13.3 Å². The lowest BCUT2D eigenvalue weighted by Crippen LogP contribution is -2.17. The van der Waals surface area contributed by atoms with Gasteiger partial charge in [-0.25, -0.2) is 9.78 Å². The van der Waals surface area contributed by atoms with Gasteiger partial charge in [0, 0.05) is 0 Å². The molecule has 0 aliphatic heterocycles. The molecule has 0 saturated heterocycles. The minimum absolute atomic E-state index is 0. The van der Waals surface area contributed by atoms with Crippen molar-refractivity contribution in [2.45, 2.75) is 6.04 Å². The standard InChI is InChI=1S/C18H16N2O2.ClH/c1-22-18(21)16-12-19-13-20(16)17(14-8-4-2-5-9-14)15-10-6-3-7-11-15;/h2-13,17H,1H3;1H. The highest BCUT2D eigenvalue weighted by atomic mass is 35.5. The van der Waals surface area contributed by atoms with Crippen molar-refractivity contribution < 1.29 is 9.53 Å². The molecule has 0 spiro atoms. The summed E-state index contributed by atoms with van der Waals surface area (Å²) in [5.41, 5.74) is 2.59. The Bertz CT molecular complexity index is 717. The molecule has 0 fully saturated rings. The Morgan fingerprint density at radius 1 is 1.00 bits per heavy atom. The zero-order valence-electron chi connectivity index (χ0n) is 12.6. The summed E-state index contributed by atoms with van der Waals surface area (Å²) in [6.07, 6.45) is 3.20. The number of aromatic nitrogens is 2. The van der Waals surface area contributed by atoms with Crippen LogP contribution in [0.2, 0.25) is 0 Å². The molecule has 0 unspecified atom stereocenters. The molecule has 0 amide bonds. The number of hydrogen-bond acceptors (Lipinski definition) is 3. The fourth-order valence-electron chi connectivity index (χ4n) is 2.56.